The maximum absolute atomic E-state index is 5.23. The molecular weight excluding hydrogens is 564 g/mol. The molecule has 0 radical (unpaired) electrons. The molecule has 0 aliphatic rings. The zero-order valence-corrected chi connectivity index (χ0v) is 25.2. The van der Waals surface area contributed by atoms with Gasteiger partial charge in [0.25, 0.3) is 0 Å². The first-order chi connectivity index (χ1) is 22.8. The van der Waals surface area contributed by atoms with Crippen LogP contribution in [0, 0.1) is 5.92 Å². The predicted molar refractivity (Wildman–Crippen MR) is 194 cm³/mol. The first-order valence-electron chi connectivity index (χ1n) is 15.2. The zero-order chi connectivity index (χ0) is 31.2. The van der Waals surface area contributed by atoms with E-state index >= 15 is 0 Å². The Balaban J connectivity index is 1.61. The van der Waals surface area contributed by atoms with Crippen LogP contribution in [-0.4, -0.2) is 17.5 Å². The van der Waals surface area contributed by atoms with Gasteiger partial charge in [0.05, 0.1) is 17.1 Å². The summed E-state index contributed by atoms with van der Waals surface area (Å²) < 4.78 is 0. The molecule has 6 aromatic carbocycles. The van der Waals surface area contributed by atoms with Crippen molar-refractivity contribution in [3.8, 4) is 0 Å². The average molecular weight is 599 g/mol. The molecule has 0 aromatic heterocycles. The molecule has 0 aliphatic carbocycles. The SMILES string of the molecule is c1ccc(N=C(Nc2ccccc2)C(C(=Nc2ccccc2)Nc2ccccc2)C(=Nc2ccccc2)Nc2ccccc2)cc1. The molecular formula is C40H34N6. The van der Waals surface area contributed by atoms with Crippen molar-refractivity contribution in [3.05, 3.63) is 182 Å². The van der Waals surface area contributed by atoms with Gasteiger partial charge >= 0.3 is 0 Å². The fourth-order valence-electron chi connectivity index (χ4n) is 4.82. The van der Waals surface area contributed by atoms with Gasteiger partial charge in [-0.25, -0.2) is 15.0 Å². The van der Waals surface area contributed by atoms with E-state index in [0.717, 1.165) is 34.1 Å². The molecule has 3 N–H and O–H groups in total. The molecule has 0 saturated heterocycles. The van der Waals surface area contributed by atoms with Crippen molar-refractivity contribution in [3.63, 3.8) is 0 Å². The predicted octanol–water partition coefficient (Wildman–Crippen LogP) is 10.1. The van der Waals surface area contributed by atoms with Gasteiger partial charge in [-0.2, -0.15) is 0 Å². The Labute approximate surface area is 270 Å². The largest absolute Gasteiger partial charge is 0.343 e. The van der Waals surface area contributed by atoms with E-state index in [9.17, 15) is 0 Å². The number of benzene rings is 6. The molecule has 46 heavy (non-hydrogen) atoms. The summed E-state index contributed by atoms with van der Waals surface area (Å²) in [5.41, 5.74) is 5.05. The third-order valence-electron chi connectivity index (χ3n) is 6.98. The molecule has 0 bridgehead atoms. The van der Waals surface area contributed by atoms with Crippen molar-refractivity contribution in [2.24, 2.45) is 20.9 Å². The van der Waals surface area contributed by atoms with Gasteiger partial charge in [-0.1, -0.05) is 109 Å². The van der Waals surface area contributed by atoms with Crippen LogP contribution in [0.5, 0.6) is 0 Å². The Hall–Kier alpha value is -6.27. The summed E-state index contributed by atoms with van der Waals surface area (Å²) in [5, 5.41) is 10.9. The molecule has 0 spiro atoms. The van der Waals surface area contributed by atoms with Gasteiger partial charge in [-0.05, 0) is 72.8 Å². The molecule has 0 fully saturated rings. The fourth-order valence-corrected chi connectivity index (χ4v) is 4.82. The number of aliphatic imine (C=N–C) groups is 3. The highest BCUT2D eigenvalue weighted by atomic mass is 15.1. The smallest absolute Gasteiger partial charge is 0.133 e. The van der Waals surface area contributed by atoms with Crippen molar-refractivity contribution >= 4 is 51.6 Å². The molecule has 0 heterocycles. The Kier molecular flexibility index (Phi) is 10.0. The van der Waals surface area contributed by atoms with E-state index in [1.165, 1.54) is 0 Å². The number of hydrogen-bond acceptors (Lipinski definition) is 3. The quantitative estimate of drug-likeness (QED) is 0.115. The lowest BCUT2D eigenvalue weighted by atomic mass is 10.0. The van der Waals surface area contributed by atoms with E-state index in [1.54, 1.807) is 0 Å². The molecule has 0 unspecified atom stereocenters. The van der Waals surface area contributed by atoms with Crippen LogP contribution in [0.2, 0.25) is 0 Å². The van der Waals surface area contributed by atoms with Crippen LogP contribution in [0.1, 0.15) is 0 Å². The highest BCUT2D eigenvalue weighted by Gasteiger charge is 2.30. The summed E-state index contributed by atoms with van der Waals surface area (Å²) in [6, 6.07) is 59.9. The van der Waals surface area contributed by atoms with E-state index in [1.807, 2.05) is 182 Å². The third-order valence-corrected chi connectivity index (χ3v) is 6.98. The summed E-state index contributed by atoms with van der Waals surface area (Å²) in [6.07, 6.45) is 0. The van der Waals surface area contributed by atoms with Crippen LogP contribution in [0.15, 0.2) is 197 Å². The van der Waals surface area contributed by atoms with E-state index in [0.29, 0.717) is 17.5 Å². The minimum atomic E-state index is -0.610. The first kappa shape index (κ1) is 29.8. The van der Waals surface area contributed by atoms with E-state index in [2.05, 4.69) is 16.0 Å². The number of rotatable bonds is 9. The molecule has 0 amide bonds. The average Bonchev–Trinajstić information content (AvgIpc) is 3.11. The Morgan fingerprint density at radius 3 is 0.761 bits per heavy atom. The maximum Gasteiger partial charge on any atom is 0.133 e. The van der Waals surface area contributed by atoms with Gasteiger partial charge in [0.15, 0.2) is 0 Å². The molecule has 6 heteroatoms. The molecule has 0 atom stereocenters. The third kappa shape index (κ3) is 8.42. The lowest BCUT2D eigenvalue weighted by Crippen LogP contribution is -2.42. The van der Waals surface area contributed by atoms with Crippen LogP contribution >= 0.6 is 0 Å². The summed E-state index contributed by atoms with van der Waals surface area (Å²) >= 11 is 0. The van der Waals surface area contributed by atoms with Crippen molar-refractivity contribution in [2.75, 3.05) is 16.0 Å². The molecule has 0 saturated carbocycles. The molecule has 0 aliphatic heterocycles. The fraction of sp³-hybridized carbons (Fsp3) is 0.0250. The van der Waals surface area contributed by atoms with Gasteiger partial charge in [-0.3, -0.25) is 0 Å². The maximum atomic E-state index is 5.23. The van der Waals surface area contributed by atoms with Gasteiger partial charge in [0.2, 0.25) is 0 Å². The van der Waals surface area contributed by atoms with Gasteiger partial charge in [0.1, 0.15) is 23.4 Å². The molecule has 6 aromatic rings. The topological polar surface area (TPSA) is 73.2 Å². The zero-order valence-electron chi connectivity index (χ0n) is 25.2. The van der Waals surface area contributed by atoms with Crippen LogP contribution in [0.4, 0.5) is 34.1 Å². The Bertz CT molecular complexity index is 1650. The number of amidine groups is 3. The van der Waals surface area contributed by atoms with Crippen LogP contribution in [0.3, 0.4) is 0 Å². The van der Waals surface area contributed by atoms with Gasteiger partial charge < -0.3 is 16.0 Å². The minimum absolute atomic E-state index is 0.610. The summed E-state index contributed by atoms with van der Waals surface area (Å²) in [5.74, 6) is 1.29. The molecule has 6 rings (SSSR count). The molecule has 224 valence electrons. The van der Waals surface area contributed by atoms with E-state index in [4.69, 9.17) is 15.0 Å². The van der Waals surface area contributed by atoms with E-state index in [-0.39, 0.29) is 0 Å². The Morgan fingerprint density at radius 1 is 0.304 bits per heavy atom. The summed E-state index contributed by atoms with van der Waals surface area (Å²) in [6.45, 7) is 0. The van der Waals surface area contributed by atoms with Crippen LogP contribution in [-0.2, 0) is 0 Å². The number of para-hydroxylation sites is 6. The lowest BCUT2D eigenvalue weighted by molar-refractivity contribution is 1.19. The first-order valence-corrected chi connectivity index (χ1v) is 15.2. The normalized spacial score (nSPS) is 12.7. The second kappa shape index (κ2) is 15.5. The second-order valence-corrected chi connectivity index (χ2v) is 10.4. The number of nitrogens with zero attached hydrogens (tertiary/aromatic N) is 3. The van der Waals surface area contributed by atoms with E-state index < -0.39 is 5.92 Å². The summed E-state index contributed by atoms with van der Waals surface area (Å²) in [7, 11) is 0. The Morgan fingerprint density at radius 2 is 0.522 bits per heavy atom. The van der Waals surface area contributed by atoms with Gasteiger partial charge in [-0.15, -0.1) is 0 Å². The second-order valence-electron chi connectivity index (χ2n) is 10.4. The van der Waals surface area contributed by atoms with Crippen molar-refractivity contribution in [1.29, 1.82) is 0 Å². The van der Waals surface area contributed by atoms with Crippen molar-refractivity contribution < 1.29 is 0 Å². The number of nitrogens with one attached hydrogen (secondary N) is 3. The monoisotopic (exact) mass is 598 g/mol. The standard InChI is InChI=1S/C40H34N6/c1-7-19-31(20-8-1)41-38(42-32-21-9-2-10-22-32)37(39(43-33-23-11-3-12-24-33)44-34-25-13-4-14-26-34)40(45-35-27-15-5-16-28-35)46-36-29-17-6-18-30-36/h1-30,37H,(H,41,42)(H,43,44)(H,45,46). The van der Waals surface area contributed by atoms with Crippen LogP contribution in [0.25, 0.3) is 0 Å². The summed E-state index contributed by atoms with van der Waals surface area (Å²) in [4.78, 5) is 15.7. The lowest BCUT2D eigenvalue weighted by Gasteiger charge is -2.26. The highest BCUT2D eigenvalue weighted by Crippen LogP contribution is 2.25. The highest BCUT2D eigenvalue weighted by molar-refractivity contribution is 6.31. The van der Waals surface area contributed by atoms with Crippen molar-refractivity contribution in [2.45, 2.75) is 0 Å². The van der Waals surface area contributed by atoms with Gasteiger partial charge in [0, 0.05) is 17.1 Å². The van der Waals surface area contributed by atoms with Crippen molar-refractivity contribution in [1.82, 2.24) is 0 Å². The number of anilines is 3. The molecule has 6 nitrogen and oxygen atoms in total. The number of hydrogen-bond donors (Lipinski definition) is 3. The van der Waals surface area contributed by atoms with Crippen LogP contribution < -0.4 is 16.0 Å². The minimum Gasteiger partial charge on any atom is -0.343 e.